The molecular weight excluding hydrogens is 254 g/mol. The van der Waals surface area contributed by atoms with Gasteiger partial charge in [0.15, 0.2) is 11.6 Å². The highest BCUT2D eigenvalue weighted by Crippen LogP contribution is 2.10. The first kappa shape index (κ1) is 12.7. The minimum atomic E-state index is -1.08. The molecule has 0 radical (unpaired) electrons. The van der Waals surface area contributed by atoms with Gasteiger partial charge in [-0.2, -0.15) is 0 Å². The predicted octanol–water partition coefficient (Wildman–Crippen LogP) is 1.51. The molecule has 7 heteroatoms. The van der Waals surface area contributed by atoms with Crippen molar-refractivity contribution in [2.45, 2.75) is 0 Å². The molecule has 0 saturated heterocycles. The van der Waals surface area contributed by atoms with Crippen molar-refractivity contribution in [2.75, 3.05) is 0 Å². The van der Waals surface area contributed by atoms with Crippen LogP contribution >= 0.6 is 0 Å². The Balaban J connectivity index is 2.21. The van der Waals surface area contributed by atoms with Crippen LogP contribution in [-0.4, -0.2) is 21.7 Å². The van der Waals surface area contributed by atoms with Gasteiger partial charge in [-0.3, -0.25) is 20.2 Å². The van der Waals surface area contributed by atoms with E-state index in [4.69, 9.17) is 5.41 Å². The van der Waals surface area contributed by atoms with Gasteiger partial charge in [0.25, 0.3) is 5.91 Å². The van der Waals surface area contributed by atoms with Crippen molar-refractivity contribution in [1.29, 1.82) is 5.41 Å². The zero-order valence-electron chi connectivity index (χ0n) is 9.52. The number of halogens is 2. The molecule has 2 rings (SSSR count). The molecule has 2 aromatic rings. The Kier molecular flexibility index (Phi) is 3.56. The summed E-state index contributed by atoms with van der Waals surface area (Å²) in [6.45, 7) is 0. The summed E-state index contributed by atoms with van der Waals surface area (Å²) in [5.74, 6) is -3.48. The maximum atomic E-state index is 13.3. The summed E-state index contributed by atoms with van der Waals surface area (Å²) in [4.78, 5) is 18.7. The lowest BCUT2D eigenvalue weighted by molar-refractivity contribution is 0.0968. The summed E-state index contributed by atoms with van der Waals surface area (Å²) in [7, 11) is 0. The van der Waals surface area contributed by atoms with Gasteiger partial charge in [0.1, 0.15) is 11.4 Å². The lowest BCUT2D eigenvalue weighted by Crippen LogP contribution is -2.32. The van der Waals surface area contributed by atoms with Gasteiger partial charge in [-0.15, -0.1) is 0 Å². The number of hydrogen-bond donors (Lipinski definition) is 2. The average molecular weight is 262 g/mol. The summed E-state index contributed by atoms with van der Waals surface area (Å²) in [5.41, 5.74) is -0.396. The maximum Gasteiger partial charge on any atom is 0.262 e. The number of aromatic nitrogens is 2. The van der Waals surface area contributed by atoms with E-state index >= 15 is 0 Å². The molecule has 19 heavy (non-hydrogen) atoms. The van der Waals surface area contributed by atoms with Crippen molar-refractivity contribution < 1.29 is 13.6 Å². The Bertz CT molecular complexity index is 611. The van der Waals surface area contributed by atoms with E-state index in [1.165, 1.54) is 24.5 Å². The summed E-state index contributed by atoms with van der Waals surface area (Å²) in [6.07, 6.45) is 4.33. The van der Waals surface area contributed by atoms with Crippen molar-refractivity contribution >= 4 is 11.7 Å². The molecule has 0 unspecified atom stereocenters. The second-order valence-electron chi connectivity index (χ2n) is 3.54. The van der Waals surface area contributed by atoms with Crippen LogP contribution in [0.4, 0.5) is 8.78 Å². The molecule has 0 aliphatic rings. The lowest BCUT2D eigenvalue weighted by atomic mass is 10.2. The van der Waals surface area contributed by atoms with E-state index in [0.717, 1.165) is 12.4 Å². The van der Waals surface area contributed by atoms with Gasteiger partial charge in [-0.05, 0) is 12.1 Å². The summed E-state index contributed by atoms with van der Waals surface area (Å²) >= 11 is 0. The fourth-order valence-electron chi connectivity index (χ4n) is 1.40. The molecule has 0 spiro atoms. The highest BCUT2D eigenvalue weighted by molar-refractivity contribution is 6.11. The molecule has 0 saturated carbocycles. The molecule has 0 aliphatic carbocycles. The van der Waals surface area contributed by atoms with E-state index in [1.54, 1.807) is 0 Å². The molecular formula is C12H8F2N4O. The van der Waals surface area contributed by atoms with Gasteiger partial charge in [0.05, 0.1) is 12.4 Å². The number of amidine groups is 1. The van der Waals surface area contributed by atoms with Gasteiger partial charge >= 0.3 is 0 Å². The van der Waals surface area contributed by atoms with Crippen LogP contribution in [0.5, 0.6) is 0 Å². The fourth-order valence-corrected chi connectivity index (χ4v) is 1.40. The molecule has 1 amide bonds. The quantitative estimate of drug-likeness (QED) is 0.636. The average Bonchev–Trinajstić information content (AvgIpc) is 2.39. The smallest absolute Gasteiger partial charge is 0.262 e. The maximum absolute atomic E-state index is 13.3. The van der Waals surface area contributed by atoms with Gasteiger partial charge in [-0.25, -0.2) is 8.78 Å². The summed E-state index contributed by atoms with van der Waals surface area (Å²) in [5, 5.41) is 9.73. The Morgan fingerprint density at radius 3 is 2.26 bits per heavy atom. The second kappa shape index (κ2) is 5.30. The lowest BCUT2D eigenvalue weighted by Gasteiger charge is -2.07. The van der Waals surface area contributed by atoms with Crippen molar-refractivity contribution in [3.8, 4) is 0 Å². The molecule has 96 valence electrons. The van der Waals surface area contributed by atoms with E-state index in [1.807, 2.05) is 0 Å². The summed E-state index contributed by atoms with van der Waals surface area (Å²) in [6, 6.07) is 2.98. The minimum Gasteiger partial charge on any atom is -0.306 e. The van der Waals surface area contributed by atoms with Crippen LogP contribution in [-0.2, 0) is 0 Å². The van der Waals surface area contributed by atoms with Gasteiger partial charge in [-0.1, -0.05) is 0 Å². The van der Waals surface area contributed by atoms with E-state index in [2.05, 4.69) is 15.3 Å². The zero-order chi connectivity index (χ0) is 13.8. The first-order valence-corrected chi connectivity index (χ1v) is 5.19. The largest absolute Gasteiger partial charge is 0.306 e. The van der Waals surface area contributed by atoms with E-state index < -0.39 is 23.1 Å². The minimum absolute atomic E-state index is 0.275. The Morgan fingerprint density at radius 1 is 1.11 bits per heavy atom. The van der Waals surface area contributed by atoms with Crippen LogP contribution in [0.3, 0.4) is 0 Å². The van der Waals surface area contributed by atoms with Crippen LogP contribution in [0.2, 0.25) is 0 Å². The molecule has 0 atom stereocenters. The van der Waals surface area contributed by atoms with Gasteiger partial charge in [0, 0.05) is 18.0 Å². The Hall–Kier alpha value is -2.70. The molecule has 0 aromatic carbocycles. The molecule has 5 nitrogen and oxygen atoms in total. The van der Waals surface area contributed by atoms with E-state index in [9.17, 15) is 13.6 Å². The monoisotopic (exact) mass is 262 g/mol. The number of carbonyl (C=O) groups is 1. The highest BCUT2D eigenvalue weighted by Gasteiger charge is 2.18. The first-order valence-electron chi connectivity index (χ1n) is 5.19. The normalized spacial score (nSPS) is 10.0. The third-order valence-corrected chi connectivity index (χ3v) is 2.29. The number of carbonyl (C=O) groups excluding carboxylic acids is 1. The number of nitrogens with zero attached hydrogens (tertiary/aromatic N) is 2. The number of pyridine rings is 2. The zero-order valence-corrected chi connectivity index (χ0v) is 9.52. The Labute approximate surface area is 106 Å². The van der Waals surface area contributed by atoms with E-state index in [-0.39, 0.29) is 5.84 Å². The van der Waals surface area contributed by atoms with Crippen LogP contribution in [0.1, 0.15) is 15.9 Å². The van der Waals surface area contributed by atoms with Crippen LogP contribution in [0.25, 0.3) is 0 Å². The van der Waals surface area contributed by atoms with Crippen molar-refractivity contribution in [1.82, 2.24) is 15.3 Å². The Morgan fingerprint density at radius 2 is 1.68 bits per heavy atom. The molecule has 0 aliphatic heterocycles. The number of nitrogens with one attached hydrogen (secondary N) is 2. The van der Waals surface area contributed by atoms with Crippen LogP contribution < -0.4 is 5.32 Å². The van der Waals surface area contributed by atoms with Gasteiger partial charge < -0.3 is 5.32 Å². The van der Waals surface area contributed by atoms with Crippen LogP contribution in [0.15, 0.2) is 36.9 Å². The molecule has 2 N–H and O–H groups in total. The molecule has 2 aromatic heterocycles. The number of amides is 1. The topological polar surface area (TPSA) is 78.7 Å². The second-order valence-corrected chi connectivity index (χ2v) is 3.54. The summed E-state index contributed by atoms with van der Waals surface area (Å²) < 4.78 is 26.6. The number of rotatable bonds is 2. The molecule has 0 bridgehead atoms. The van der Waals surface area contributed by atoms with E-state index in [0.29, 0.717) is 5.56 Å². The SMILES string of the molecule is N=C(NC(=O)c1c(F)cncc1F)c1ccncc1. The van der Waals surface area contributed by atoms with Crippen LogP contribution in [0, 0.1) is 17.0 Å². The van der Waals surface area contributed by atoms with Crippen molar-refractivity contribution in [3.05, 3.63) is 59.7 Å². The standard InChI is InChI=1S/C12H8F2N4O/c13-8-5-17-6-9(14)10(8)12(19)18-11(15)7-1-3-16-4-2-7/h1-6H,(H2,15,18,19). The van der Waals surface area contributed by atoms with Gasteiger partial charge in [0.2, 0.25) is 0 Å². The van der Waals surface area contributed by atoms with Crippen molar-refractivity contribution in [3.63, 3.8) is 0 Å². The number of hydrogen-bond acceptors (Lipinski definition) is 4. The first-order chi connectivity index (χ1) is 9.09. The third kappa shape index (κ3) is 2.76. The fraction of sp³-hybridized carbons (Fsp3) is 0. The third-order valence-electron chi connectivity index (χ3n) is 2.29. The highest BCUT2D eigenvalue weighted by atomic mass is 19.1. The molecule has 0 fully saturated rings. The predicted molar refractivity (Wildman–Crippen MR) is 62.7 cm³/mol. The molecule has 2 heterocycles. The van der Waals surface area contributed by atoms with Crippen molar-refractivity contribution in [2.24, 2.45) is 0 Å².